The van der Waals surface area contributed by atoms with Gasteiger partial charge < -0.3 is 11.1 Å². The van der Waals surface area contributed by atoms with Gasteiger partial charge in [-0.2, -0.15) is 0 Å². The lowest BCUT2D eigenvalue weighted by molar-refractivity contribution is 0.0941. The molecule has 2 aromatic rings. The molecule has 0 saturated carbocycles. The van der Waals surface area contributed by atoms with Crippen molar-refractivity contribution < 1.29 is 9.00 Å². The number of pyridine rings is 1. The first-order valence-electron chi connectivity index (χ1n) is 6.73. The van der Waals surface area contributed by atoms with E-state index in [0.29, 0.717) is 23.6 Å². The van der Waals surface area contributed by atoms with Crippen LogP contribution in [0.5, 0.6) is 0 Å². The van der Waals surface area contributed by atoms with Gasteiger partial charge in [-0.25, -0.2) is 4.98 Å². The van der Waals surface area contributed by atoms with Crippen molar-refractivity contribution in [1.29, 1.82) is 0 Å². The lowest BCUT2D eigenvalue weighted by Crippen LogP contribution is -2.33. The van der Waals surface area contributed by atoms with E-state index in [1.807, 2.05) is 31.2 Å². The van der Waals surface area contributed by atoms with Gasteiger partial charge in [0.15, 0.2) is 0 Å². The standard InChI is InChI=1S/C15H19N3O2S/c1-10(7-8-21(2)20)18-15(19)13-9-17-14(16)12-6-4-3-5-11(12)13/h3-6,9-10H,7-8H2,1-2H3,(H2,16,17)(H,18,19). The van der Waals surface area contributed by atoms with Crippen molar-refractivity contribution in [2.75, 3.05) is 17.7 Å². The average molecular weight is 305 g/mol. The maximum Gasteiger partial charge on any atom is 0.253 e. The van der Waals surface area contributed by atoms with Crippen molar-refractivity contribution in [2.24, 2.45) is 0 Å². The number of nitrogens with one attached hydrogen (secondary N) is 1. The third-order valence-corrected chi connectivity index (χ3v) is 4.10. The van der Waals surface area contributed by atoms with E-state index in [1.54, 1.807) is 6.26 Å². The number of fused-ring (bicyclic) bond motifs is 1. The van der Waals surface area contributed by atoms with Crippen LogP contribution >= 0.6 is 0 Å². The summed E-state index contributed by atoms with van der Waals surface area (Å²) in [6.45, 7) is 1.90. The fraction of sp³-hybridized carbons (Fsp3) is 0.333. The van der Waals surface area contributed by atoms with Crippen LogP contribution in [0.4, 0.5) is 5.82 Å². The molecule has 0 aliphatic carbocycles. The van der Waals surface area contributed by atoms with Gasteiger partial charge in [0.1, 0.15) is 5.82 Å². The number of aromatic nitrogens is 1. The van der Waals surface area contributed by atoms with Crippen LogP contribution in [0.3, 0.4) is 0 Å². The monoisotopic (exact) mass is 305 g/mol. The highest BCUT2D eigenvalue weighted by Gasteiger charge is 2.14. The largest absolute Gasteiger partial charge is 0.383 e. The van der Waals surface area contributed by atoms with E-state index < -0.39 is 10.8 Å². The van der Waals surface area contributed by atoms with Gasteiger partial charge in [0.25, 0.3) is 5.91 Å². The van der Waals surface area contributed by atoms with Crippen LogP contribution in [-0.4, -0.2) is 33.2 Å². The van der Waals surface area contributed by atoms with Crippen LogP contribution < -0.4 is 11.1 Å². The first-order chi connectivity index (χ1) is 9.99. The Kier molecular flexibility index (Phi) is 4.90. The molecule has 2 atom stereocenters. The van der Waals surface area contributed by atoms with Crippen molar-refractivity contribution in [1.82, 2.24) is 10.3 Å². The quantitative estimate of drug-likeness (QED) is 0.880. The maximum absolute atomic E-state index is 12.4. The van der Waals surface area contributed by atoms with E-state index >= 15 is 0 Å². The summed E-state index contributed by atoms with van der Waals surface area (Å²) in [5.41, 5.74) is 6.33. The highest BCUT2D eigenvalue weighted by Crippen LogP contribution is 2.22. The van der Waals surface area contributed by atoms with Gasteiger partial charge in [-0.15, -0.1) is 0 Å². The lowest BCUT2D eigenvalue weighted by atomic mass is 10.1. The Morgan fingerprint density at radius 1 is 1.38 bits per heavy atom. The molecule has 21 heavy (non-hydrogen) atoms. The molecular weight excluding hydrogens is 286 g/mol. The molecule has 0 spiro atoms. The summed E-state index contributed by atoms with van der Waals surface area (Å²) in [5.74, 6) is 0.798. The second-order valence-electron chi connectivity index (χ2n) is 5.04. The summed E-state index contributed by atoms with van der Waals surface area (Å²) in [5, 5.41) is 4.47. The topological polar surface area (TPSA) is 85.1 Å². The van der Waals surface area contributed by atoms with Crippen LogP contribution in [0.2, 0.25) is 0 Å². The van der Waals surface area contributed by atoms with Gasteiger partial charge >= 0.3 is 0 Å². The fourth-order valence-corrected chi connectivity index (χ4v) is 2.80. The molecule has 0 fully saturated rings. The number of anilines is 1. The Morgan fingerprint density at radius 3 is 2.71 bits per heavy atom. The zero-order valence-electron chi connectivity index (χ0n) is 12.1. The first-order valence-corrected chi connectivity index (χ1v) is 8.46. The summed E-state index contributed by atoms with van der Waals surface area (Å²) in [6.07, 6.45) is 3.83. The molecule has 1 amide bonds. The molecule has 112 valence electrons. The third-order valence-electron chi connectivity index (χ3n) is 3.29. The van der Waals surface area contributed by atoms with E-state index in [-0.39, 0.29) is 11.9 Å². The molecule has 0 saturated heterocycles. The van der Waals surface area contributed by atoms with E-state index in [0.717, 1.165) is 10.8 Å². The number of benzene rings is 1. The summed E-state index contributed by atoms with van der Waals surface area (Å²) in [6, 6.07) is 7.38. The fourth-order valence-electron chi connectivity index (χ4n) is 2.11. The third kappa shape index (κ3) is 3.78. The molecule has 1 aromatic carbocycles. The number of hydrogen-bond acceptors (Lipinski definition) is 4. The van der Waals surface area contributed by atoms with E-state index in [1.165, 1.54) is 6.20 Å². The minimum atomic E-state index is -0.851. The van der Waals surface area contributed by atoms with Crippen molar-refractivity contribution in [3.63, 3.8) is 0 Å². The second-order valence-corrected chi connectivity index (χ2v) is 6.60. The Labute approximate surface area is 126 Å². The molecule has 0 aliphatic rings. The molecule has 6 heteroatoms. The number of amides is 1. The second kappa shape index (κ2) is 6.67. The summed E-state index contributed by atoms with van der Waals surface area (Å²) < 4.78 is 11.1. The lowest BCUT2D eigenvalue weighted by Gasteiger charge is -2.14. The minimum Gasteiger partial charge on any atom is -0.383 e. The molecule has 3 N–H and O–H groups in total. The van der Waals surface area contributed by atoms with E-state index in [2.05, 4.69) is 10.3 Å². The molecular formula is C15H19N3O2S. The maximum atomic E-state index is 12.4. The Balaban J connectivity index is 2.20. The van der Waals surface area contributed by atoms with Crippen LogP contribution in [0.25, 0.3) is 10.8 Å². The highest BCUT2D eigenvalue weighted by molar-refractivity contribution is 7.84. The van der Waals surface area contributed by atoms with Gasteiger partial charge in [0, 0.05) is 40.4 Å². The molecule has 1 aromatic heterocycles. The van der Waals surface area contributed by atoms with Crippen molar-refractivity contribution >= 4 is 33.3 Å². The van der Waals surface area contributed by atoms with Gasteiger partial charge in [-0.1, -0.05) is 24.3 Å². The molecule has 2 rings (SSSR count). The Hall–Kier alpha value is -1.95. The van der Waals surface area contributed by atoms with E-state index in [4.69, 9.17) is 5.73 Å². The first kappa shape index (κ1) is 15.4. The molecule has 0 aliphatic heterocycles. The molecule has 1 heterocycles. The summed E-state index contributed by atoms with van der Waals surface area (Å²) in [4.78, 5) is 16.4. The predicted octanol–water partition coefficient (Wildman–Crippen LogP) is 1.70. The average Bonchev–Trinajstić information content (AvgIpc) is 2.45. The minimum absolute atomic E-state index is 0.0438. The zero-order chi connectivity index (χ0) is 15.4. The molecule has 0 bridgehead atoms. The number of carbonyl (C=O) groups excluding carboxylic acids is 1. The molecule has 5 nitrogen and oxygen atoms in total. The number of nitrogens with zero attached hydrogens (tertiary/aromatic N) is 1. The van der Waals surface area contributed by atoms with Crippen LogP contribution in [-0.2, 0) is 10.8 Å². The summed E-state index contributed by atoms with van der Waals surface area (Å²) in [7, 11) is -0.851. The van der Waals surface area contributed by atoms with Crippen LogP contribution in [0.15, 0.2) is 30.5 Å². The molecule has 2 unspecified atom stereocenters. The van der Waals surface area contributed by atoms with Gasteiger partial charge in [-0.3, -0.25) is 9.00 Å². The Morgan fingerprint density at radius 2 is 2.05 bits per heavy atom. The zero-order valence-corrected chi connectivity index (χ0v) is 12.9. The normalized spacial score (nSPS) is 13.8. The molecule has 0 radical (unpaired) electrons. The van der Waals surface area contributed by atoms with Gasteiger partial charge in [0.2, 0.25) is 0 Å². The van der Waals surface area contributed by atoms with Gasteiger partial charge in [0.05, 0.1) is 5.56 Å². The predicted molar refractivity (Wildman–Crippen MR) is 86.6 cm³/mol. The SMILES string of the molecule is CC(CCS(C)=O)NC(=O)c1cnc(N)c2ccccc12. The smallest absolute Gasteiger partial charge is 0.253 e. The number of rotatable bonds is 5. The van der Waals surface area contributed by atoms with E-state index in [9.17, 15) is 9.00 Å². The van der Waals surface area contributed by atoms with Crippen molar-refractivity contribution in [2.45, 2.75) is 19.4 Å². The van der Waals surface area contributed by atoms with Gasteiger partial charge in [-0.05, 0) is 18.7 Å². The Bertz CT molecular complexity index is 688. The van der Waals surface area contributed by atoms with Crippen LogP contribution in [0, 0.1) is 0 Å². The number of nitrogens with two attached hydrogens (primary N) is 1. The van der Waals surface area contributed by atoms with Crippen LogP contribution in [0.1, 0.15) is 23.7 Å². The number of carbonyl (C=O) groups is 1. The highest BCUT2D eigenvalue weighted by atomic mass is 32.2. The summed E-state index contributed by atoms with van der Waals surface area (Å²) >= 11 is 0. The van der Waals surface area contributed by atoms with Crippen molar-refractivity contribution in [3.05, 3.63) is 36.0 Å². The number of hydrogen-bond donors (Lipinski definition) is 2. The number of nitrogen functional groups attached to an aromatic ring is 1. The van der Waals surface area contributed by atoms with Crippen molar-refractivity contribution in [3.8, 4) is 0 Å².